The molecule has 0 unspecified atom stereocenters. The fourth-order valence-corrected chi connectivity index (χ4v) is 26.9. The molecule has 7 aromatic carbocycles. The van der Waals surface area contributed by atoms with Crippen LogP contribution in [0.2, 0.25) is 0 Å². The van der Waals surface area contributed by atoms with E-state index in [1.165, 1.54) is 173 Å². The fraction of sp³-hybridized carbons (Fsp3) is 0.265. The highest BCUT2D eigenvalue weighted by atomic mass is 32.1. The van der Waals surface area contributed by atoms with Gasteiger partial charge in [0.15, 0.2) is 11.6 Å². The minimum Gasteiger partial charge on any atom is -0.288 e. The number of allylic oxidation sites excluding steroid dienone is 6. The van der Waals surface area contributed by atoms with Gasteiger partial charge in [-0.3, -0.25) is 9.59 Å². The average molecular weight is 1580 g/mol. The van der Waals surface area contributed by atoms with Crippen molar-refractivity contribution in [1.29, 1.82) is 21.0 Å². The molecule has 0 atom stereocenters. The first-order chi connectivity index (χ1) is 54.8. The Morgan fingerprint density at radius 1 is 0.366 bits per heavy atom. The molecule has 0 saturated carbocycles. The smallest absolute Gasteiger partial charge is 0.197 e. The third kappa shape index (κ3) is 12.3. The molecule has 0 amide bonds. The summed E-state index contributed by atoms with van der Waals surface area (Å²) >= 11 is 10.4. The van der Waals surface area contributed by atoms with Crippen LogP contribution in [0.5, 0.6) is 0 Å². The van der Waals surface area contributed by atoms with E-state index in [-0.39, 0.29) is 55.7 Å². The lowest BCUT2D eigenvalue weighted by Crippen LogP contribution is -2.30. The molecular formula is C98H80F2N4O2S6. The van der Waals surface area contributed by atoms with Gasteiger partial charge in [0, 0.05) is 62.3 Å². The van der Waals surface area contributed by atoms with Crippen molar-refractivity contribution in [3.8, 4) is 45.2 Å². The summed E-state index contributed by atoms with van der Waals surface area (Å²) in [5.41, 5.74) is 15.9. The second-order valence-electron chi connectivity index (χ2n) is 30.3. The molecule has 0 aliphatic heterocycles. The monoisotopic (exact) mass is 1570 g/mol. The van der Waals surface area contributed by atoms with Crippen molar-refractivity contribution in [2.45, 2.75) is 167 Å². The van der Waals surface area contributed by atoms with E-state index in [4.69, 9.17) is 0 Å². The average Bonchev–Trinajstić information content (AvgIpc) is 1.49. The van der Waals surface area contributed by atoms with Crippen LogP contribution in [0.25, 0.3) is 81.8 Å². The van der Waals surface area contributed by atoms with Gasteiger partial charge in [0.2, 0.25) is 0 Å². The number of hydrogen-bond donors (Lipinski definition) is 0. The third-order valence-corrected chi connectivity index (χ3v) is 31.4. The minimum absolute atomic E-state index is 0.127. The number of ketones is 2. The van der Waals surface area contributed by atoms with Gasteiger partial charge in [-0.05, 0) is 178 Å². The number of fused-ring (bicyclic) bond motifs is 16. The number of benzene rings is 7. The van der Waals surface area contributed by atoms with E-state index in [0.717, 1.165) is 115 Å². The van der Waals surface area contributed by atoms with Gasteiger partial charge >= 0.3 is 0 Å². The van der Waals surface area contributed by atoms with Gasteiger partial charge in [-0.1, -0.05) is 226 Å². The lowest BCUT2D eigenvalue weighted by Gasteiger charge is -2.36. The van der Waals surface area contributed by atoms with Crippen molar-refractivity contribution < 1.29 is 18.4 Å². The quantitative estimate of drug-likeness (QED) is 0.0302. The number of halogens is 2. The van der Waals surface area contributed by atoms with Gasteiger partial charge in [0.1, 0.15) is 47.1 Å². The van der Waals surface area contributed by atoms with Crippen molar-refractivity contribution in [1.82, 2.24) is 0 Å². The van der Waals surface area contributed by atoms with Crippen molar-refractivity contribution in [3.05, 3.63) is 290 Å². The van der Waals surface area contributed by atoms with Gasteiger partial charge in [-0.25, -0.2) is 8.78 Å². The number of aryl methyl sites for hydroxylation is 4. The zero-order valence-corrected chi connectivity index (χ0v) is 68.0. The number of unbranched alkanes of at least 4 members (excludes halogenated alkanes) is 12. The van der Waals surface area contributed by atoms with Crippen molar-refractivity contribution in [2.24, 2.45) is 0 Å². The van der Waals surface area contributed by atoms with E-state index in [1.54, 1.807) is 69.6 Å². The first kappa shape index (κ1) is 74.6. The van der Waals surface area contributed by atoms with Crippen LogP contribution in [0.3, 0.4) is 0 Å². The zero-order chi connectivity index (χ0) is 77.1. The summed E-state index contributed by atoms with van der Waals surface area (Å²) in [4.78, 5) is 32.8. The molecule has 4 aliphatic rings. The Morgan fingerprint density at radius 3 is 0.991 bits per heavy atom. The maximum Gasteiger partial charge on any atom is 0.197 e. The van der Waals surface area contributed by atoms with Crippen LogP contribution in [-0.4, -0.2) is 11.6 Å². The Hall–Kier alpha value is -10.1. The van der Waals surface area contributed by atoms with Crippen molar-refractivity contribution >= 4 is 140 Å². The lowest BCUT2D eigenvalue weighted by atomic mass is 9.65. The highest BCUT2D eigenvalue weighted by molar-refractivity contribution is 7.40. The molecule has 17 rings (SSSR count). The van der Waals surface area contributed by atoms with Crippen LogP contribution < -0.4 is 0 Å². The second kappa shape index (κ2) is 31.1. The molecule has 0 fully saturated rings. The van der Waals surface area contributed by atoms with E-state index in [1.807, 2.05) is 47.0 Å². The lowest BCUT2D eigenvalue weighted by molar-refractivity contribution is 0.103. The SMILES string of the molecule is CCCCCCc1ccc(C2(c3ccc(CCCCCC)cc3)c3cc4c(cc3-c3sc5c(sc6cc(/C=C7\C(=O)c8c(F)cccc8C7=C(C#N)C#N)sc65)c32)C(c2ccc(CCCCCC)cc2)(c2ccc(CCCCCC)cc2)c2c-4sc3c2sc2cc(/C=C4\C(=O)c5c(F)cccc5C4=C(C#N)C#N)sc23)cc1. The van der Waals surface area contributed by atoms with Gasteiger partial charge in [-0.2, -0.15) is 21.0 Å². The predicted octanol–water partition coefficient (Wildman–Crippen LogP) is 28.3. The van der Waals surface area contributed by atoms with Gasteiger partial charge in [0.05, 0.1) is 50.2 Å². The zero-order valence-electron chi connectivity index (χ0n) is 63.1. The normalized spacial score (nSPS) is 14.8. The van der Waals surface area contributed by atoms with E-state index in [9.17, 15) is 30.6 Å². The minimum atomic E-state index is -0.846. The first-order valence-electron chi connectivity index (χ1n) is 39.6. The Labute approximate surface area is 676 Å². The highest BCUT2D eigenvalue weighted by Crippen LogP contribution is 2.69. The van der Waals surface area contributed by atoms with Gasteiger partial charge in [0.25, 0.3) is 0 Å². The fourth-order valence-electron chi connectivity index (χ4n) is 18.2. The number of carbonyl (C=O) groups excluding carboxylic acids is 2. The molecule has 0 N–H and O–H groups in total. The standard InChI is InChI=1S/C98H80F2N4O2S6/c1-5-9-13-17-23-57-31-39-63(40-32-57)97(64-41-33-58(34-42-64)24-18-14-10-6-2)75-51-72-76(52-71(75)89-85(97)93-95(111-89)91-79(109-93)49-67(107-91)47-73-81(61(53-101)54-102)69-27-21-29-77(99)83(69)87(73)105)98(65-43-35-59(36-44-65)25-19-15-11-7-3,66-45-37-60(38-46-66)26-20-16-12-8-4)86-90(72)112-96-92-80(110-94(86)96)50-68(108-92)48-74-82(62(55-103)56-104)70-28-22-30-78(100)84(70)88(74)106/h21-22,27-52H,5-20,23-26H2,1-4H3/b73-47-,74-48-. The maximum absolute atomic E-state index is 15.7. The van der Waals surface area contributed by atoms with Crippen LogP contribution in [-0.2, 0) is 36.5 Å². The molecule has 6 aromatic heterocycles. The number of nitriles is 4. The predicted molar refractivity (Wildman–Crippen MR) is 463 cm³/mol. The molecule has 0 spiro atoms. The maximum atomic E-state index is 15.7. The van der Waals surface area contributed by atoms with Gasteiger partial charge < -0.3 is 0 Å². The van der Waals surface area contributed by atoms with E-state index >= 15 is 8.78 Å². The molecule has 554 valence electrons. The molecule has 0 radical (unpaired) electrons. The summed E-state index contributed by atoms with van der Waals surface area (Å²) in [5, 5.41) is 41.3. The molecule has 4 aliphatic carbocycles. The van der Waals surface area contributed by atoms with Crippen LogP contribution in [0.1, 0.15) is 239 Å². The molecule has 14 heteroatoms. The molecular weight excluding hydrogens is 1500 g/mol. The van der Waals surface area contributed by atoms with E-state index in [0.29, 0.717) is 0 Å². The van der Waals surface area contributed by atoms with Gasteiger partial charge in [-0.15, -0.1) is 68.0 Å². The Balaban J connectivity index is 0.935. The van der Waals surface area contributed by atoms with Crippen molar-refractivity contribution in [2.75, 3.05) is 0 Å². The Morgan fingerprint density at radius 2 is 0.688 bits per heavy atom. The highest BCUT2D eigenvalue weighted by Gasteiger charge is 2.55. The van der Waals surface area contributed by atoms with Crippen molar-refractivity contribution in [3.63, 3.8) is 0 Å². The second-order valence-corrected chi connectivity index (χ2v) is 36.7. The Bertz CT molecular complexity index is 5780. The molecule has 112 heavy (non-hydrogen) atoms. The summed E-state index contributed by atoms with van der Waals surface area (Å²) in [7, 11) is 0. The summed E-state index contributed by atoms with van der Waals surface area (Å²) in [6.07, 6.45) is 26.1. The molecule has 6 nitrogen and oxygen atoms in total. The van der Waals surface area contributed by atoms with E-state index in [2.05, 4.69) is 149 Å². The number of thiophene rings is 6. The summed E-state index contributed by atoms with van der Waals surface area (Å²) < 4.78 is 40.4. The summed E-state index contributed by atoms with van der Waals surface area (Å²) in [6, 6.07) is 64.7. The number of nitrogens with zero attached hydrogens (tertiary/aromatic N) is 4. The van der Waals surface area contributed by atoms with E-state index < -0.39 is 34.0 Å². The van der Waals surface area contributed by atoms with Crippen LogP contribution >= 0.6 is 68.0 Å². The number of Topliss-reactive ketones (excluding diaryl/α,β-unsaturated/α-hetero) is 2. The summed E-state index contributed by atoms with van der Waals surface area (Å²) in [5.74, 6) is -2.48. The van der Waals surface area contributed by atoms with Crippen LogP contribution in [0.15, 0.2) is 180 Å². The third-order valence-electron chi connectivity index (χ3n) is 23.6. The number of rotatable bonds is 26. The Kier molecular flexibility index (Phi) is 20.7. The largest absolute Gasteiger partial charge is 0.288 e. The summed E-state index contributed by atoms with van der Waals surface area (Å²) in [6.45, 7) is 9.04. The van der Waals surface area contributed by atoms with Crippen LogP contribution in [0.4, 0.5) is 8.78 Å². The van der Waals surface area contributed by atoms with Crippen LogP contribution in [0, 0.1) is 57.0 Å². The molecule has 6 heterocycles. The number of hydrogen-bond acceptors (Lipinski definition) is 12. The molecule has 0 bridgehead atoms. The first-order valence-corrected chi connectivity index (χ1v) is 44.5. The number of carbonyl (C=O) groups is 2. The topological polar surface area (TPSA) is 129 Å². The molecule has 13 aromatic rings. The molecule has 0 saturated heterocycles.